The molecular weight excluding hydrogens is 312 g/mol. The van der Waals surface area contributed by atoms with Gasteiger partial charge >= 0.3 is 0 Å². The molecule has 2 rings (SSSR count). The SMILES string of the molecule is CC[C@@H](C)c1ccc(NC(=O)CSc2nc(N)cc(=O)[nH]2)cc1. The Hall–Kier alpha value is -2.28. The first-order chi connectivity index (χ1) is 11.0. The van der Waals surface area contributed by atoms with E-state index in [0.717, 1.165) is 23.9 Å². The van der Waals surface area contributed by atoms with Crippen LogP contribution in [0.25, 0.3) is 0 Å². The lowest BCUT2D eigenvalue weighted by atomic mass is 9.99. The van der Waals surface area contributed by atoms with Crippen molar-refractivity contribution in [1.29, 1.82) is 0 Å². The van der Waals surface area contributed by atoms with Crippen LogP contribution in [0.4, 0.5) is 11.5 Å². The van der Waals surface area contributed by atoms with Gasteiger partial charge in [0.15, 0.2) is 5.16 Å². The van der Waals surface area contributed by atoms with Gasteiger partial charge in [0.05, 0.1) is 5.75 Å². The average molecular weight is 332 g/mol. The zero-order valence-electron chi connectivity index (χ0n) is 13.1. The molecule has 0 saturated heterocycles. The van der Waals surface area contributed by atoms with Gasteiger partial charge in [0.1, 0.15) is 5.82 Å². The molecule has 1 atom stereocenters. The van der Waals surface area contributed by atoms with Gasteiger partial charge in [0.25, 0.3) is 5.56 Å². The number of anilines is 2. The summed E-state index contributed by atoms with van der Waals surface area (Å²) < 4.78 is 0. The number of carbonyl (C=O) groups is 1. The standard InChI is InChI=1S/C16H20N4O2S/c1-3-10(2)11-4-6-12(7-5-11)18-15(22)9-23-16-19-13(17)8-14(21)20-16/h4-8,10H,3,9H2,1-2H3,(H,18,22)(H3,17,19,20,21)/t10-/m1/s1. The smallest absolute Gasteiger partial charge is 0.253 e. The van der Waals surface area contributed by atoms with Crippen LogP contribution in [0.1, 0.15) is 31.7 Å². The van der Waals surface area contributed by atoms with E-state index in [1.54, 1.807) is 0 Å². The molecule has 1 heterocycles. The summed E-state index contributed by atoms with van der Waals surface area (Å²) in [4.78, 5) is 29.7. The van der Waals surface area contributed by atoms with Crippen LogP contribution in [-0.4, -0.2) is 21.6 Å². The molecule has 2 aromatic rings. The van der Waals surface area contributed by atoms with Gasteiger partial charge in [-0.05, 0) is 30.0 Å². The van der Waals surface area contributed by atoms with Crippen LogP contribution in [-0.2, 0) is 4.79 Å². The molecule has 1 aromatic carbocycles. The molecule has 0 spiro atoms. The van der Waals surface area contributed by atoms with E-state index in [-0.39, 0.29) is 23.0 Å². The number of amides is 1. The lowest BCUT2D eigenvalue weighted by molar-refractivity contribution is -0.113. The number of nitrogens with two attached hydrogens (primary N) is 1. The van der Waals surface area contributed by atoms with Crippen LogP contribution in [0.3, 0.4) is 0 Å². The summed E-state index contributed by atoms with van der Waals surface area (Å²) in [6, 6.07) is 9.03. The molecule has 1 amide bonds. The van der Waals surface area contributed by atoms with Gasteiger partial charge in [0, 0.05) is 11.8 Å². The van der Waals surface area contributed by atoms with E-state index < -0.39 is 0 Å². The van der Waals surface area contributed by atoms with Crippen LogP contribution >= 0.6 is 11.8 Å². The van der Waals surface area contributed by atoms with E-state index in [1.165, 1.54) is 11.6 Å². The molecule has 6 nitrogen and oxygen atoms in total. The van der Waals surface area contributed by atoms with Crippen LogP contribution in [0.2, 0.25) is 0 Å². The van der Waals surface area contributed by atoms with Crippen molar-refractivity contribution in [1.82, 2.24) is 9.97 Å². The van der Waals surface area contributed by atoms with Crippen molar-refractivity contribution in [3.05, 3.63) is 46.2 Å². The predicted molar refractivity (Wildman–Crippen MR) is 93.8 cm³/mol. The number of aromatic amines is 1. The molecule has 0 radical (unpaired) electrons. The first kappa shape index (κ1) is 17.1. The van der Waals surface area contributed by atoms with Crippen molar-refractivity contribution in [3.8, 4) is 0 Å². The normalized spacial score (nSPS) is 11.9. The third kappa shape index (κ3) is 5.14. The number of rotatable bonds is 6. The molecule has 0 aliphatic carbocycles. The third-order valence-corrected chi connectivity index (χ3v) is 4.33. The number of nitrogens with zero attached hydrogens (tertiary/aromatic N) is 1. The molecule has 122 valence electrons. The zero-order valence-corrected chi connectivity index (χ0v) is 13.9. The van der Waals surface area contributed by atoms with Crippen LogP contribution < -0.4 is 16.6 Å². The number of nitrogens with one attached hydrogen (secondary N) is 2. The molecule has 0 fully saturated rings. The molecule has 0 aliphatic heterocycles. The third-order valence-electron chi connectivity index (χ3n) is 3.46. The Morgan fingerprint density at radius 2 is 2.09 bits per heavy atom. The fraction of sp³-hybridized carbons (Fsp3) is 0.312. The fourth-order valence-corrected chi connectivity index (χ4v) is 2.67. The Labute approximate surface area is 138 Å². The van der Waals surface area contributed by atoms with E-state index in [0.29, 0.717) is 11.1 Å². The Morgan fingerprint density at radius 3 is 2.70 bits per heavy atom. The molecule has 0 bridgehead atoms. The minimum atomic E-state index is -0.332. The number of hydrogen-bond donors (Lipinski definition) is 3. The van der Waals surface area contributed by atoms with Gasteiger partial charge < -0.3 is 16.0 Å². The highest BCUT2D eigenvalue weighted by atomic mass is 32.2. The van der Waals surface area contributed by atoms with Gasteiger partial charge in [0.2, 0.25) is 5.91 Å². The Balaban J connectivity index is 1.90. The zero-order chi connectivity index (χ0) is 16.8. The lowest BCUT2D eigenvalue weighted by Crippen LogP contribution is -2.15. The van der Waals surface area contributed by atoms with Crippen molar-refractivity contribution < 1.29 is 4.79 Å². The van der Waals surface area contributed by atoms with E-state index in [9.17, 15) is 9.59 Å². The molecular formula is C16H20N4O2S. The summed E-state index contributed by atoms with van der Waals surface area (Å²) in [6.45, 7) is 4.32. The van der Waals surface area contributed by atoms with Crippen molar-refractivity contribution in [2.45, 2.75) is 31.3 Å². The highest BCUT2D eigenvalue weighted by Crippen LogP contribution is 2.20. The number of aromatic nitrogens is 2. The molecule has 23 heavy (non-hydrogen) atoms. The first-order valence-corrected chi connectivity index (χ1v) is 8.36. The minimum Gasteiger partial charge on any atom is -0.383 e. The Bertz CT molecular complexity index is 728. The van der Waals surface area contributed by atoms with Crippen molar-refractivity contribution >= 4 is 29.2 Å². The summed E-state index contributed by atoms with van der Waals surface area (Å²) in [5.41, 5.74) is 7.16. The second kappa shape index (κ2) is 7.82. The second-order valence-electron chi connectivity index (χ2n) is 5.24. The maximum Gasteiger partial charge on any atom is 0.253 e. The average Bonchev–Trinajstić information content (AvgIpc) is 2.52. The Kier molecular flexibility index (Phi) is 5.81. The van der Waals surface area contributed by atoms with E-state index >= 15 is 0 Å². The van der Waals surface area contributed by atoms with Crippen molar-refractivity contribution in [2.24, 2.45) is 0 Å². The summed E-state index contributed by atoms with van der Waals surface area (Å²) in [5, 5.41) is 3.15. The molecule has 0 unspecified atom stereocenters. The summed E-state index contributed by atoms with van der Waals surface area (Å²) >= 11 is 1.13. The maximum atomic E-state index is 11.9. The molecule has 1 aromatic heterocycles. The molecule has 0 aliphatic rings. The van der Waals surface area contributed by atoms with E-state index in [4.69, 9.17) is 5.73 Å². The van der Waals surface area contributed by atoms with Gasteiger partial charge in [-0.2, -0.15) is 0 Å². The number of thioether (sulfide) groups is 1. The summed E-state index contributed by atoms with van der Waals surface area (Å²) in [5.74, 6) is 0.606. The van der Waals surface area contributed by atoms with Crippen LogP contribution in [0.5, 0.6) is 0 Å². The van der Waals surface area contributed by atoms with Gasteiger partial charge in [-0.25, -0.2) is 4.98 Å². The highest BCUT2D eigenvalue weighted by Gasteiger charge is 2.07. The number of carbonyl (C=O) groups excluding carboxylic acids is 1. The van der Waals surface area contributed by atoms with Gasteiger partial charge in [-0.15, -0.1) is 0 Å². The largest absolute Gasteiger partial charge is 0.383 e. The first-order valence-electron chi connectivity index (χ1n) is 7.37. The predicted octanol–water partition coefficient (Wildman–Crippen LogP) is 2.60. The maximum absolute atomic E-state index is 11.9. The van der Waals surface area contributed by atoms with Gasteiger partial charge in [-0.3, -0.25) is 9.59 Å². The Morgan fingerprint density at radius 1 is 1.39 bits per heavy atom. The monoisotopic (exact) mass is 332 g/mol. The number of H-pyrrole nitrogens is 1. The number of hydrogen-bond acceptors (Lipinski definition) is 5. The lowest BCUT2D eigenvalue weighted by Gasteiger charge is -2.10. The van der Waals surface area contributed by atoms with Crippen LogP contribution in [0, 0.1) is 0 Å². The summed E-state index contributed by atoms with van der Waals surface area (Å²) in [6.07, 6.45) is 1.08. The molecule has 4 N–H and O–H groups in total. The number of nitrogen functional groups attached to an aromatic ring is 1. The highest BCUT2D eigenvalue weighted by molar-refractivity contribution is 7.99. The van der Waals surface area contributed by atoms with Crippen molar-refractivity contribution in [3.63, 3.8) is 0 Å². The minimum absolute atomic E-state index is 0.136. The fourth-order valence-electron chi connectivity index (χ4n) is 1.98. The summed E-state index contributed by atoms with van der Waals surface area (Å²) in [7, 11) is 0. The van der Waals surface area contributed by atoms with Gasteiger partial charge in [-0.1, -0.05) is 37.7 Å². The second-order valence-corrected chi connectivity index (χ2v) is 6.21. The quantitative estimate of drug-likeness (QED) is 0.557. The molecule has 7 heteroatoms. The van der Waals surface area contributed by atoms with Crippen LogP contribution in [0.15, 0.2) is 40.3 Å². The topological polar surface area (TPSA) is 101 Å². The van der Waals surface area contributed by atoms with E-state index in [2.05, 4.69) is 29.1 Å². The van der Waals surface area contributed by atoms with E-state index in [1.807, 2.05) is 24.3 Å². The molecule has 0 saturated carbocycles. The number of benzene rings is 1. The van der Waals surface area contributed by atoms with Crippen molar-refractivity contribution in [2.75, 3.05) is 16.8 Å².